The van der Waals surface area contributed by atoms with Crippen molar-refractivity contribution >= 4 is 27.9 Å². The van der Waals surface area contributed by atoms with Crippen LogP contribution < -0.4 is 4.72 Å². The van der Waals surface area contributed by atoms with E-state index in [1.165, 1.54) is 36.7 Å². The fourth-order valence-corrected chi connectivity index (χ4v) is 2.95. The molecule has 0 aliphatic rings. The Morgan fingerprint density at radius 2 is 1.86 bits per heavy atom. The van der Waals surface area contributed by atoms with Gasteiger partial charge in [0.2, 0.25) is 0 Å². The van der Waals surface area contributed by atoms with Crippen LogP contribution >= 0.6 is 0 Å². The summed E-state index contributed by atoms with van der Waals surface area (Å²) in [5.41, 5.74) is 0.556. The molecule has 7 heteroatoms. The summed E-state index contributed by atoms with van der Waals surface area (Å²) in [5, 5.41) is 19.5. The number of pyridine rings is 1. The summed E-state index contributed by atoms with van der Waals surface area (Å²) in [5.74, 6) is -0.862. The number of nitrogens with zero attached hydrogens (tertiary/aromatic N) is 1. The summed E-state index contributed by atoms with van der Waals surface area (Å²) in [6.07, 6.45) is 5.31. The van der Waals surface area contributed by atoms with Crippen LogP contribution in [0.25, 0.3) is 12.2 Å². The number of hydrogen-bond donors (Lipinski definition) is 3. The Morgan fingerprint density at radius 1 is 1.18 bits per heavy atom. The first-order chi connectivity index (χ1) is 10.4. The lowest BCUT2D eigenvalue weighted by atomic mass is 10.0. The fourth-order valence-electron chi connectivity index (χ4n) is 1.91. The van der Waals surface area contributed by atoms with Gasteiger partial charge in [-0.1, -0.05) is 25.3 Å². The quantitative estimate of drug-likeness (QED) is 0.581. The molecule has 0 radical (unpaired) electrons. The number of phenols is 2. The predicted molar refractivity (Wildman–Crippen MR) is 85.0 cm³/mol. The van der Waals surface area contributed by atoms with Crippen molar-refractivity contribution in [2.75, 3.05) is 4.72 Å². The van der Waals surface area contributed by atoms with Gasteiger partial charge in [0.15, 0.2) is 11.5 Å². The first kappa shape index (κ1) is 15.6. The number of sulfonamides is 1. The predicted octanol–water partition coefficient (Wildman–Crippen LogP) is 2.58. The van der Waals surface area contributed by atoms with Gasteiger partial charge in [0.05, 0.1) is 5.69 Å². The maximum Gasteiger partial charge on any atom is 0.263 e. The van der Waals surface area contributed by atoms with Crippen LogP contribution in [0.2, 0.25) is 0 Å². The van der Waals surface area contributed by atoms with Gasteiger partial charge < -0.3 is 10.2 Å². The van der Waals surface area contributed by atoms with Crippen LogP contribution in [-0.2, 0) is 10.0 Å². The van der Waals surface area contributed by atoms with Crippen molar-refractivity contribution in [3.8, 4) is 11.5 Å². The van der Waals surface area contributed by atoms with Crippen molar-refractivity contribution < 1.29 is 18.6 Å². The van der Waals surface area contributed by atoms with Crippen LogP contribution in [0.3, 0.4) is 0 Å². The number of aromatic hydroxyl groups is 2. The van der Waals surface area contributed by atoms with Crippen molar-refractivity contribution in [2.45, 2.75) is 4.90 Å². The van der Waals surface area contributed by atoms with Gasteiger partial charge in [-0.15, -0.1) is 0 Å². The van der Waals surface area contributed by atoms with Crippen molar-refractivity contribution in [2.24, 2.45) is 0 Å². The summed E-state index contributed by atoms with van der Waals surface area (Å²) >= 11 is 0. The first-order valence-electron chi connectivity index (χ1n) is 6.17. The third-order valence-corrected chi connectivity index (χ3v) is 4.31. The monoisotopic (exact) mass is 318 g/mol. The summed E-state index contributed by atoms with van der Waals surface area (Å²) < 4.78 is 27.0. The number of rotatable bonds is 5. The lowest BCUT2D eigenvalue weighted by molar-refractivity contribution is 0.403. The molecule has 0 fully saturated rings. The molecule has 114 valence electrons. The van der Waals surface area contributed by atoms with Gasteiger partial charge >= 0.3 is 0 Å². The number of hydrogen-bond acceptors (Lipinski definition) is 5. The average Bonchev–Trinajstić information content (AvgIpc) is 2.51. The number of anilines is 1. The largest absolute Gasteiger partial charge is 0.504 e. The molecule has 0 bridgehead atoms. The Kier molecular flexibility index (Phi) is 4.18. The van der Waals surface area contributed by atoms with Crippen LogP contribution in [0, 0.1) is 0 Å². The molecule has 0 aliphatic heterocycles. The van der Waals surface area contributed by atoms with Crippen molar-refractivity contribution in [1.82, 2.24) is 4.98 Å². The highest BCUT2D eigenvalue weighted by Crippen LogP contribution is 2.38. The summed E-state index contributed by atoms with van der Waals surface area (Å²) in [6, 6.07) is 3.98. The van der Waals surface area contributed by atoms with Crippen LogP contribution in [0.1, 0.15) is 11.1 Å². The first-order valence-corrected chi connectivity index (χ1v) is 7.65. The third-order valence-electron chi connectivity index (χ3n) is 2.96. The van der Waals surface area contributed by atoms with Gasteiger partial charge in [0.1, 0.15) is 4.90 Å². The van der Waals surface area contributed by atoms with Crippen molar-refractivity contribution in [3.05, 3.63) is 54.9 Å². The lowest BCUT2D eigenvalue weighted by Gasteiger charge is -2.14. The number of nitrogens with one attached hydrogen (secondary N) is 1. The van der Waals surface area contributed by atoms with E-state index in [2.05, 4.69) is 22.9 Å². The van der Waals surface area contributed by atoms with Gasteiger partial charge in [-0.05, 0) is 12.1 Å². The smallest absolute Gasteiger partial charge is 0.263 e. The van der Waals surface area contributed by atoms with E-state index < -0.39 is 21.5 Å². The molecule has 0 amide bonds. The molecule has 0 saturated heterocycles. The molecule has 0 spiro atoms. The molecule has 3 N–H and O–H groups in total. The van der Waals surface area contributed by atoms with Gasteiger partial charge in [-0.2, -0.15) is 0 Å². The van der Waals surface area contributed by atoms with E-state index in [0.717, 1.165) is 6.07 Å². The van der Waals surface area contributed by atoms with Gasteiger partial charge in [0, 0.05) is 29.6 Å². The molecule has 0 aliphatic carbocycles. The van der Waals surface area contributed by atoms with E-state index in [1.807, 2.05) is 0 Å². The number of aromatic nitrogens is 1. The Bertz CT molecular complexity index is 830. The normalized spacial score (nSPS) is 10.9. The molecule has 6 nitrogen and oxygen atoms in total. The molecule has 22 heavy (non-hydrogen) atoms. The molecule has 1 heterocycles. The van der Waals surface area contributed by atoms with E-state index in [9.17, 15) is 18.6 Å². The van der Waals surface area contributed by atoms with Crippen LogP contribution in [0.4, 0.5) is 5.69 Å². The molecule has 0 unspecified atom stereocenters. The topological polar surface area (TPSA) is 99.5 Å². The minimum atomic E-state index is -3.89. The zero-order valence-electron chi connectivity index (χ0n) is 11.5. The second kappa shape index (κ2) is 5.90. The van der Waals surface area contributed by atoms with E-state index in [-0.39, 0.29) is 16.1 Å². The summed E-state index contributed by atoms with van der Waals surface area (Å²) in [4.78, 5) is 3.73. The van der Waals surface area contributed by atoms with Crippen molar-refractivity contribution in [1.29, 1.82) is 0 Å². The molecule has 1 aromatic carbocycles. The van der Waals surface area contributed by atoms with E-state index >= 15 is 0 Å². The molecule has 2 rings (SSSR count). The lowest BCUT2D eigenvalue weighted by Crippen LogP contribution is -2.14. The summed E-state index contributed by atoms with van der Waals surface area (Å²) in [6.45, 7) is 7.12. The highest BCUT2D eigenvalue weighted by atomic mass is 32.2. The zero-order chi connectivity index (χ0) is 16.3. The maximum absolute atomic E-state index is 12.3. The Labute approximate surface area is 128 Å². The highest BCUT2D eigenvalue weighted by Gasteiger charge is 2.19. The highest BCUT2D eigenvalue weighted by molar-refractivity contribution is 7.92. The summed E-state index contributed by atoms with van der Waals surface area (Å²) in [7, 11) is -3.89. The average molecular weight is 318 g/mol. The second-order valence-electron chi connectivity index (χ2n) is 4.32. The molecular formula is C15H14N2O4S. The minimum absolute atomic E-state index is 0.0299. The third kappa shape index (κ3) is 2.79. The van der Waals surface area contributed by atoms with Gasteiger partial charge in [-0.3, -0.25) is 9.71 Å². The SMILES string of the molecule is C=Cc1c(NS(=O)(=O)c2cccnc2)cc(O)c(O)c1C=C. The maximum atomic E-state index is 12.3. The van der Waals surface area contributed by atoms with Crippen molar-refractivity contribution in [3.63, 3.8) is 0 Å². The molecule has 2 aromatic rings. The number of phenolic OH excluding ortho intramolecular Hbond substituents is 2. The second-order valence-corrected chi connectivity index (χ2v) is 6.00. The Hall–Kier alpha value is -2.80. The Morgan fingerprint density at radius 3 is 2.41 bits per heavy atom. The molecule has 0 saturated carbocycles. The fraction of sp³-hybridized carbons (Fsp3) is 0. The van der Waals surface area contributed by atoms with E-state index in [4.69, 9.17) is 0 Å². The zero-order valence-corrected chi connectivity index (χ0v) is 12.3. The van der Waals surface area contributed by atoms with Crippen LogP contribution in [0.5, 0.6) is 11.5 Å². The standard InChI is InChI=1S/C15H14N2O4S/c1-3-11-12(4-2)15(19)14(18)8-13(11)17-22(20,21)10-6-5-7-16-9-10/h3-9,17-19H,1-2H2. The van der Waals surface area contributed by atoms with Gasteiger partial charge in [0.25, 0.3) is 10.0 Å². The minimum Gasteiger partial charge on any atom is -0.504 e. The molecular weight excluding hydrogens is 304 g/mol. The molecule has 1 aromatic heterocycles. The van der Waals surface area contributed by atoms with Crippen LogP contribution in [-0.4, -0.2) is 23.6 Å². The Balaban J connectivity index is 2.57. The van der Waals surface area contributed by atoms with E-state index in [1.54, 1.807) is 0 Å². The number of benzene rings is 1. The van der Waals surface area contributed by atoms with E-state index in [0.29, 0.717) is 5.56 Å². The van der Waals surface area contributed by atoms with Crippen LogP contribution in [0.15, 0.2) is 48.6 Å². The molecule has 0 atom stereocenters. The van der Waals surface area contributed by atoms with Gasteiger partial charge in [-0.25, -0.2) is 8.42 Å².